The number of benzene rings is 1. The van der Waals surface area contributed by atoms with Crippen molar-refractivity contribution in [3.05, 3.63) is 34.9 Å². The van der Waals surface area contributed by atoms with Crippen LogP contribution >= 0.6 is 11.6 Å². The lowest BCUT2D eigenvalue weighted by Crippen LogP contribution is -2.43. The zero-order valence-electron chi connectivity index (χ0n) is 14.2. The molecule has 1 amide bonds. The molecule has 1 N–H and O–H groups in total. The van der Waals surface area contributed by atoms with Crippen LogP contribution in [0.1, 0.15) is 32.4 Å². The number of carboxylic acid groups (broad SMARTS) is 1. The number of hydrogen-bond acceptors (Lipinski definition) is 2. The van der Waals surface area contributed by atoms with Crippen LogP contribution in [0.5, 0.6) is 0 Å². The minimum atomic E-state index is -1.94. The second-order valence-corrected chi connectivity index (χ2v) is 12.3. The van der Waals surface area contributed by atoms with E-state index in [4.69, 9.17) is 16.0 Å². The van der Waals surface area contributed by atoms with E-state index in [-0.39, 0.29) is 11.1 Å². The Morgan fingerprint density at radius 1 is 1.32 bits per heavy atom. The first-order chi connectivity index (χ1) is 9.95. The molecule has 6 heteroatoms. The summed E-state index contributed by atoms with van der Waals surface area (Å²) in [6.45, 7) is 11.2. The smallest absolute Gasteiger partial charge is 0.407 e. The highest BCUT2D eigenvalue weighted by molar-refractivity contribution is 6.74. The Morgan fingerprint density at radius 2 is 1.82 bits per heavy atom. The average molecular weight is 344 g/mol. The monoisotopic (exact) mass is 343 g/mol. The molecule has 1 atom stereocenters. The fourth-order valence-corrected chi connectivity index (χ4v) is 2.89. The van der Waals surface area contributed by atoms with E-state index >= 15 is 0 Å². The highest BCUT2D eigenvalue weighted by Gasteiger charge is 2.38. The van der Waals surface area contributed by atoms with Crippen LogP contribution in [0.2, 0.25) is 23.2 Å². The third-order valence-corrected chi connectivity index (χ3v) is 9.18. The largest absolute Gasteiger partial charge is 0.465 e. The molecular formula is C16H26ClNO3Si. The van der Waals surface area contributed by atoms with Gasteiger partial charge in [-0.25, -0.2) is 4.79 Å². The van der Waals surface area contributed by atoms with E-state index in [0.29, 0.717) is 11.6 Å². The minimum absolute atomic E-state index is 0.0827. The summed E-state index contributed by atoms with van der Waals surface area (Å²) in [5.41, 5.74) is 0.882. The Balaban J connectivity index is 2.98. The van der Waals surface area contributed by atoms with Gasteiger partial charge < -0.3 is 14.4 Å². The van der Waals surface area contributed by atoms with Gasteiger partial charge in [-0.1, -0.05) is 44.5 Å². The molecule has 0 spiro atoms. The van der Waals surface area contributed by atoms with Gasteiger partial charge in [0.05, 0.1) is 12.6 Å². The zero-order chi connectivity index (χ0) is 17.1. The molecular weight excluding hydrogens is 318 g/mol. The second kappa shape index (κ2) is 7.02. The fraction of sp³-hybridized carbons (Fsp3) is 0.562. The van der Waals surface area contributed by atoms with Crippen molar-refractivity contribution in [1.82, 2.24) is 4.90 Å². The van der Waals surface area contributed by atoms with E-state index in [1.54, 1.807) is 19.2 Å². The van der Waals surface area contributed by atoms with Crippen LogP contribution in [0.4, 0.5) is 4.79 Å². The molecule has 0 aliphatic heterocycles. The maximum Gasteiger partial charge on any atom is 0.407 e. The molecule has 0 radical (unpaired) electrons. The molecule has 0 aromatic heterocycles. The zero-order valence-corrected chi connectivity index (χ0v) is 15.9. The van der Waals surface area contributed by atoms with Gasteiger partial charge in [-0.3, -0.25) is 0 Å². The van der Waals surface area contributed by atoms with Gasteiger partial charge in [0.1, 0.15) is 0 Å². The van der Waals surface area contributed by atoms with Gasteiger partial charge in [0, 0.05) is 12.1 Å². The van der Waals surface area contributed by atoms with Crippen molar-refractivity contribution in [3.63, 3.8) is 0 Å². The van der Waals surface area contributed by atoms with E-state index in [2.05, 4.69) is 33.9 Å². The molecule has 0 bridgehead atoms. The minimum Gasteiger partial charge on any atom is -0.465 e. The molecule has 1 aromatic carbocycles. The topological polar surface area (TPSA) is 49.8 Å². The van der Waals surface area contributed by atoms with Crippen molar-refractivity contribution < 1.29 is 14.3 Å². The third kappa shape index (κ3) is 4.73. The van der Waals surface area contributed by atoms with Crippen molar-refractivity contribution in [2.45, 2.75) is 44.9 Å². The van der Waals surface area contributed by atoms with Crippen molar-refractivity contribution in [2.75, 3.05) is 13.7 Å². The van der Waals surface area contributed by atoms with Crippen LogP contribution in [-0.4, -0.2) is 38.1 Å². The van der Waals surface area contributed by atoms with E-state index in [1.165, 1.54) is 4.90 Å². The Labute approximate surface area is 139 Å². The summed E-state index contributed by atoms with van der Waals surface area (Å²) in [6, 6.07) is 6.89. The second-order valence-electron chi connectivity index (χ2n) is 7.03. The van der Waals surface area contributed by atoms with Gasteiger partial charge in [-0.15, -0.1) is 0 Å². The number of halogens is 1. The van der Waals surface area contributed by atoms with Crippen LogP contribution in [0.3, 0.4) is 0 Å². The Hall–Kier alpha value is -1.04. The first kappa shape index (κ1) is 19.0. The average Bonchev–Trinajstić information content (AvgIpc) is 2.39. The molecule has 124 valence electrons. The van der Waals surface area contributed by atoms with Crippen LogP contribution in [0, 0.1) is 0 Å². The van der Waals surface area contributed by atoms with Crippen LogP contribution in [0.15, 0.2) is 24.3 Å². The van der Waals surface area contributed by atoms with Crippen molar-refractivity contribution in [1.29, 1.82) is 0 Å². The maximum atomic E-state index is 11.4. The van der Waals surface area contributed by atoms with E-state index in [1.807, 2.05) is 12.1 Å². The molecule has 0 saturated carbocycles. The lowest BCUT2D eigenvalue weighted by atomic mass is 10.1. The number of rotatable bonds is 5. The SMILES string of the molecule is CN(C(=O)O)[C@@H](CO[Si](C)(C)C(C)(C)C)c1ccc(Cl)cc1. The van der Waals surface area contributed by atoms with Crippen LogP contribution < -0.4 is 0 Å². The van der Waals surface area contributed by atoms with Crippen molar-refractivity contribution in [2.24, 2.45) is 0 Å². The van der Waals surface area contributed by atoms with E-state index in [9.17, 15) is 9.90 Å². The van der Waals surface area contributed by atoms with Crippen molar-refractivity contribution >= 4 is 26.0 Å². The summed E-state index contributed by atoms with van der Waals surface area (Å²) < 4.78 is 6.21. The van der Waals surface area contributed by atoms with Gasteiger partial charge >= 0.3 is 6.09 Å². The summed E-state index contributed by atoms with van der Waals surface area (Å²) in [5, 5.41) is 10.0. The molecule has 4 nitrogen and oxygen atoms in total. The van der Waals surface area contributed by atoms with Gasteiger partial charge in [0.25, 0.3) is 0 Å². The number of amides is 1. The lowest BCUT2D eigenvalue weighted by Gasteiger charge is -2.38. The first-order valence-corrected chi connectivity index (χ1v) is 10.6. The quantitative estimate of drug-likeness (QED) is 0.764. The molecule has 0 unspecified atom stereocenters. The molecule has 0 aliphatic carbocycles. The number of hydrogen-bond donors (Lipinski definition) is 1. The maximum absolute atomic E-state index is 11.4. The van der Waals surface area contributed by atoms with Crippen LogP contribution in [-0.2, 0) is 4.43 Å². The standard InChI is InChI=1S/C16H26ClNO3Si/c1-16(2,3)22(5,6)21-11-14(18(4)15(19)20)12-7-9-13(17)10-8-12/h7-10,14H,11H2,1-6H3,(H,19,20)/t14-/m0/s1. The van der Waals surface area contributed by atoms with Gasteiger partial charge in [-0.2, -0.15) is 0 Å². The third-order valence-electron chi connectivity index (χ3n) is 4.43. The number of nitrogens with zero attached hydrogens (tertiary/aromatic N) is 1. The molecule has 1 rings (SSSR count). The Bertz CT molecular complexity index is 511. The summed E-state index contributed by atoms with van der Waals surface area (Å²) in [5.74, 6) is 0. The molecule has 0 saturated heterocycles. The fourth-order valence-electron chi connectivity index (χ4n) is 1.75. The Kier molecular flexibility index (Phi) is 6.07. The number of likely N-dealkylation sites (N-methyl/N-ethyl adjacent to an activating group) is 1. The molecule has 0 heterocycles. The molecule has 1 aromatic rings. The highest BCUT2D eigenvalue weighted by atomic mass is 35.5. The van der Waals surface area contributed by atoms with Crippen LogP contribution in [0.25, 0.3) is 0 Å². The summed E-state index contributed by atoms with van der Waals surface area (Å²) in [6.07, 6.45) is -0.973. The predicted octanol–water partition coefficient (Wildman–Crippen LogP) is 5.01. The molecule has 0 aliphatic rings. The van der Waals surface area contributed by atoms with Gasteiger partial charge in [0.2, 0.25) is 0 Å². The summed E-state index contributed by atoms with van der Waals surface area (Å²) in [7, 11) is -0.372. The predicted molar refractivity (Wildman–Crippen MR) is 93.1 cm³/mol. The van der Waals surface area contributed by atoms with E-state index in [0.717, 1.165) is 5.56 Å². The molecule has 22 heavy (non-hydrogen) atoms. The van der Waals surface area contributed by atoms with Gasteiger partial charge in [-0.05, 0) is 35.8 Å². The lowest BCUT2D eigenvalue weighted by molar-refractivity contribution is 0.115. The normalized spacial score (nSPS) is 13.8. The van der Waals surface area contributed by atoms with Crippen molar-refractivity contribution in [3.8, 4) is 0 Å². The van der Waals surface area contributed by atoms with E-state index < -0.39 is 14.4 Å². The summed E-state index contributed by atoms with van der Waals surface area (Å²) >= 11 is 5.91. The Morgan fingerprint density at radius 3 is 2.23 bits per heavy atom. The highest BCUT2D eigenvalue weighted by Crippen LogP contribution is 2.37. The number of carbonyl (C=O) groups is 1. The molecule has 0 fully saturated rings. The summed E-state index contributed by atoms with van der Waals surface area (Å²) in [4.78, 5) is 12.6. The first-order valence-electron chi connectivity index (χ1n) is 7.31. The van der Waals surface area contributed by atoms with Gasteiger partial charge in [0.15, 0.2) is 8.32 Å².